The molecule has 25 heavy (non-hydrogen) atoms. The summed E-state index contributed by atoms with van der Waals surface area (Å²) in [4.78, 5) is 24.2. The predicted molar refractivity (Wildman–Crippen MR) is 100 cm³/mol. The summed E-state index contributed by atoms with van der Waals surface area (Å²) in [6.45, 7) is 6.86. The molecule has 0 aliphatic carbocycles. The normalized spacial score (nSPS) is 16.8. The number of para-hydroxylation sites is 1. The summed E-state index contributed by atoms with van der Waals surface area (Å²) in [5, 5.41) is 0. The number of nitrogens with zero attached hydrogens (tertiary/aromatic N) is 3. The average Bonchev–Trinajstić information content (AvgIpc) is 2.62. The molecule has 0 spiro atoms. The average molecular weight is 331 g/mol. The van der Waals surface area contributed by atoms with Crippen molar-refractivity contribution in [3.05, 3.63) is 65.0 Å². The predicted octanol–water partition coefficient (Wildman–Crippen LogP) is 4.40. The molecular weight excluding hydrogens is 310 g/mol. The van der Waals surface area contributed by atoms with Gasteiger partial charge in [0, 0.05) is 17.8 Å². The van der Waals surface area contributed by atoms with Crippen LogP contribution < -0.4 is 4.90 Å². The fourth-order valence-electron chi connectivity index (χ4n) is 3.48. The fraction of sp³-hybridized carbons (Fsp3) is 0.286. The Kier molecular flexibility index (Phi) is 3.75. The Hall–Kier alpha value is -2.75. The summed E-state index contributed by atoms with van der Waals surface area (Å²) in [5.41, 5.74) is 6.35. The van der Waals surface area contributed by atoms with Crippen molar-refractivity contribution in [1.29, 1.82) is 0 Å². The van der Waals surface area contributed by atoms with Crippen LogP contribution in [0.1, 0.15) is 46.6 Å². The zero-order valence-corrected chi connectivity index (χ0v) is 14.8. The van der Waals surface area contributed by atoms with Crippen LogP contribution in [0.2, 0.25) is 0 Å². The zero-order valence-electron chi connectivity index (χ0n) is 14.8. The lowest BCUT2D eigenvalue weighted by atomic mass is 9.91. The molecule has 4 rings (SSSR count). The number of benzene rings is 2. The highest BCUT2D eigenvalue weighted by molar-refractivity contribution is 6.08. The number of carbonyl (C=O) groups excluding carboxylic acids is 1. The Labute approximate surface area is 147 Å². The first-order valence-electron chi connectivity index (χ1n) is 8.70. The highest BCUT2D eigenvalue weighted by atomic mass is 16.2. The topological polar surface area (TPSA) is 46.1 Å². The molecule has 4 heteroatoms. The lowest BCUT2D eigenvalue weighted by Gasteiger charge is -2.33. The third-order valence-electron chi connectivity index (χ3n) is 5.11. The summed E-state index contributed by atoms with van der Waals surface area (Å²) in [6, 6.07) is 13.8. The molecule has 1 aromatic heterocycles. The maximum absolute atomic E-state index is 13.1. The summed E-state index contributed by atoms with van der Waals surface area (Å²) in [5.74, 6) is 0.509. The SMILES string of the molecule is Cc1nc2ccc(C(=O)N3CCC(C)c4ccccc43)cc2nc1C. The number of aryl methyl sites for hydroxylation is 2. The van der Waals surface area contributed by atoms with Crippen molar-refractivity contribution in [1.82, 2.24) is 9.97 Å². The first-order chi connectivity index (χ1) is 12.0. The first-order valence-corrected chi connectivity index (χ1v) is 8.70. The Bertz CT molecular complexity index is 980. The molecule has 4 nitrogen and oxygen atoms in total. The van der Waals surface area contributed by atoms with Crippen molar-refractivity contribution >= 4 is 22.6 Å². The van der Waals surface area contributed by atoms with Crippen LogP contribution >= 0.6 is 0 Å². The van der Waals surface area contributed by atoms with Crippen molar-refractivity contribution in [3.63, 3.8) is 0 Å². The van der Waals surface area contributed by atoms with Crippen LogP contribution in [0.5, 0.6) is 0 Å². The quantitative estimate of drug-likeness (QED) is 0.664. The van der Waals surface area contributed by atoms with Gasteiger partial charge in [0.05, 0.1) is 22.4 Å². The van der Waals surface area contributed by atoms with E-state index in [1.165, 1.54) is 5.56 Å². The Morgan fingerprint density at radius 1 is 1.04 bits per heavy atom. The fourth-order valence-corrected chi connectivity index (χ4v) is 3.48. The number of hydrogen-bond acceptors (Lipinski definition) is 3. The number of anilines is 1. The lowest BCUT2D eigenvalue weighted by Crippen LogP contribution is -2.36. The molecule has 2 aromatic carbocycles. The molecule has 2 heterocycles. The van der Waals surface area contributed by atoms with Gasteiger partial charge in [0.15, 0.2) is 0 Å². The molecule has 126 valence electrons. The smallest absolute Gasteiger partial charge is 0.258 e. The second-order valence-electron chi connectivity index (χ2n) is 6.80. The van der Waals surface area contributed by atoms with Gasteiger partial charge in [-0.2, -0.15) is 0 Å². The minimum atomic E-state index is 0.0290. The molecule has 0 radical (unpaired) electrons. The van der Waals surface area contributed by atoms with Gasteiger partial charge in [-0.3, -0.25) is 4.79 Å². The number of carbonyl (C=O) groups is 1. The zero-order chi connectivity index (χ0) is 17.6. The first kappa shape index (κ1) is 15.8. The third kappa shape index (κ3) is 2.68. The van der Waals surface area contributed by atoms with E-state index >= 15 is 0 Å². The Morgan fingerprint density at radius 3 is 2.56 bits per heavy atom. The molecule has 1 aliphatic rings. The van der Waals surface area contributed by atoms with E-state index < -0.39 is 0 Å². The minimum Gasteiger partial charge on any atom is -0.308 e. The van der Waals surface area contributed by atoms with E-state index in [1.54, 1.807) is 0 Å². The van der Waals surface area contributed by atoms with Crippen molar-refractivity contribution < 1.29 is 4.79 Å². The molecular formula is C21H21N3O. The largest absolute Gasteiger partial charge is 0.308 e. The van der Waals surface area contributed by atoms with Gasteiger partial charge in [-0.1, -0.05) is 25.1 Å². The Balaban J connectivity index is 1.75. The van der Waals surface area contributed by atoms with E-state index in [-0.39, 0.29) is 5.91 Å². The Morgan fingerprint density at radius 2 is 1.76 bits per heavy atom. The molecule has 0 saturated heterocycles. The highest BCUT2D eigenvalue weighted by Gasteiger charge is 2.27. The summed E-state index contributed by atoms with van der Waals surface area (Å²) in [6.07, 6.45) is 0.981. The highest BCUT2D eigenvalue weighted by Crippen LogP contribution is 2.35. The molecule has 0 saturated carbocycles. The van der Waals surface area contributed by atoms with Crippen LogP contribution in [-0.4, -0.2) is 22.4 Å². The van der Waals surface area contributed by atoms with Gasteiger partial charge in [-0.05, 0) is 56.0 Å². The molecule has 1 aliphatic heterocycles. The molecule has 0 bridgehead atoms. The summed E-state index contributed by atoms with van der Waals surface area (Å²) in [7, 11) is 0. The van der Waals surface area contributed by atoms with E-state index in [1.807, 2.05) is 55.1 Å². The molecule has 1 unspecified atom stereocenters. The van der Waals surface area contributed by atoms with Crippen molar-refractivity contribution in [2.24, 2.45) is 0 Å². The van der Waals surface area contributed by atoms with E-state index in [0.717, 1.165) is 41.1 Å². The molecule has 1 amide bonds. The van der Waals surface area contributed by atoms with Gasteiger partial charge < -0.3 is 4.90 Å². The van der Waals surface area contributed by atoms with Gasteiger partial charge in [-0.15, -0.1) is 0 Å². The maximum Gasteiger partial charge on any atom is 0.258 e. The standard InChI is InChI=1S/C21H21N3O/c1-13-10-11-24(20-7-5-4-6-17(13)20)21(25)16-8-9-18-19(12-16)23-15(3)14(2)22-18/h4-9,12-13H,10-11H2,1-3H3. The van der Waals surface area contributed by atoms with Gasteiger partial charge in [0.2, 0.25) is 0 Å². The van der Waals surface area contributed by atoms with E-state index in [9.17, 15) is 4.79 Å². The summed E-state index contributed by atoms with van der Waals surface area (Å²) < 4.78 is 0. The van der Waals surface area contributed by atoms with Crippen LogP contribution in [0.4, 0.5) is 5.69 Å². The van der Waals surface area contributed by atoms with E-state index in [0.29, 0.717) is 11.5 Å². The second-order valence-corrected chi connectivity index (χ2v) is 6.80. The van der Waals surface area contributed by atoms with Crippen LogP contribution in [-0.2, 0) is 0 Å². The van der Waals surface area contributed by atoms with Crippen molar-refractivity contribution in [2.75, 3.05) is 11.4 Å². The molecule has 3 aromatic rings. The van der Waals surface area contributed by atoms with Crippen LogP contribution in [0, 0.1) is 13.8 Å². The molecule has 1 atom stereocenters. The maximum atomic E-state index is 13.1. The van der Waals surface area contributed by atoms with Gasteiger partial charge >= 0.3 is 0 Å². The number of fused-ring (bicyclic) bond motifs is 2. The van der Waals surface area contributed by atoms with E-state index in [2.05, 4.69) is 23.0 Å². The van der Waals surface area contributed by atoms with E-state index in [4.69, 9.17) is 0 Å². The number of aromatic nitrogens is 2. The minimum absolute atomic E-state index is 0.0290. The second kappa shape index (κ2) is 5.96. The number of amides is 1. The van der Waals surface area contributed by atoms with Gasteiger partial charge in [0.25, 0.3) is 5.91 Å². The number of rotatable bonds is 1. The van der Waals surface area contributed by atoms with Gasteiger partial charge in [0.1, 0.15) is 0 Å². The molecule has 0 fully saturated rings. The monoisotopic (exact) mass is 331 g/mol. The summed E-state index contributed by atoms with van der Waals surface area (Å²) >= 11 is 0. The number of hydrogen-bond donors (Lipinski definition) is 0. The lowest BCUT2D eigenvalue weighted by molar-refractivity contribution is 0.0984. The van der Waals surface area contributed by atoms with Crippen LogP contribution in [0.25, 0.3) is 11.0 Å². The molecule has 0 N–H and O–H groups in total. The van der Waals surface area contributed by atoms with Crippen LogP contribution in [0.3, 0.4) is 0 Å². The van der Waals surface area contributed by atoms with Gasteiger partial charge in [-0.25, -0.2) is 9.97 Å². The third-order valence-corrected chi connectivity index (χ3v) is 5.11. The van der Waals surface area contributed by atoms with Crippen molar-refractivity contribution in [3.8, 4) is 0 Å². The van der Waals surface area contributed by atoms with Crippen LogP contribution in [0.15, 0.2) is 42.5 Å². The van der Waals surface area contributed by atoms with Crippen molar-refractivity contribution in [2.45, 2.75) is 33.1 Å².